The summed E-state index contributed by atoms with van der Waals surface area (Å²) >= 11 is 0. The van der Waals surface area contributed by atoms with E-state index in [0.29, 0.717) is 36.9 Å². The van der Waals surface area contributed by atoms with Gasteiger partial charge in [0.25, 0.3) is 0 Å². The first-order valence-electron chi connectivity index (χ1n) is 7.39. The molecule has 0 aromatic heterocycles. The van der Waals surface area contributed by atoms with Crippen LogP contribution >= 0.6 is 0 Å². The Balaban J connectivity index is 1.76. The Hall–Kier alpha value is -1.24. The van der Waals surface area contributed by atoms with Crippen LogP contribution in [0, 0.1) is 11.8 Å². The molecule has 6 heteroatoms. The molecule has 21 heavy (non-hydrogen) atoms. The van der Waals surface area contributed by atoms with Gasteiger partial charge in [0.1, 0.15) is 0 Å². The fourth-order valence-corrected chi connectivity index (χ4v) is 4.84. The first kappa shape index (κ1) is 14.7. The Morgan fingerprint density at radius 2 is 1.95 bits per heavy atom. The largest absolute Gasteiger partial charge is 0.593 e. The molecule has 3 atom stereocenters. The third-order valence-electron chi connectivity index (χ3n) is 4.52. The summed E-state index contributed by atoms with van der Waals surface area (Å²) in [5.74, 6) is 0.688. The second kappa shape index (κ2) is 5.87. The summed E-state index contributed by atoms with van der Waals surface area (Å²) in [5.41, 5.74) is 0. The van der Waals surface area contributed by atoms with Gasteiger partial charge in [0.15, 0.2) is 15.3 Å². The summed E-state index contributed by atoms with van der Waals surface area (Å²) in [7, 11) is -3.41. The van der Waals surface area contributed by atoms with Gasteiger partial charge in [0.2, 0.25) is 5.91 Å². The molecule has 0 radical (unpaired) electrons. The minimum atomic E-state index is -3.41. The molecule has 3 unspecified atom stereocenters. The van der Waals surface area contributed by atoms with E-state index in [-0.39, 0.29) is 11.8 Å². The van der Waals surface area contributed by atoms with Crippen LogP contribution in [0.25, 0.3) is 0 Å². The van der Waals surface area contributed by atoms with Gasteiger partial charge in [-0.25, -0.2) is 0 Å². The number of sulfonamides is 1. The molecule has 2 aliphatic heterocycles. The van der Waals surface area contributed by atoms with Crippen molar-refractivity contribution in [3.05, 3.63) is 30.3 Å². The molecule has 1 amide bonds. The lowest BCUT2D eigenvalue weighted by atomic mass is 9.83. The Morgan fingerprint density at radius 3 is 2.71 bits per heavy atom. The normalized spacial score (nSPS) is 29.9. The van der Waals surface area contributed by atoms with Gasteiger partial charge in [-0.05, 0) is 36.8 Å². The number of carbonyl (C=O) groups is 1. The van der Waals surface area contributed by atoms with Crippen LogP contribution in [-0.4, -0.2) is 34.4 Å². The summed E-state index contributed by atoms with van der Waals surface area (Å²) in [4.78, 5) is 11.9. The third kappa shape index (κ3) is 3.02. The maximum Gasteiger partial charge on any atom is 0.220 e. The molecule has 5 nitrogen and oxygen atoms in total. The molecule has 2 aliphatic rings. The molecule has 1 aromatic carbocycles. The molecule has 1 aromatic rings. The van der Waals surface area contributed by atoms with Crippen molar-refractivity contribution < 1.29 is 13.6 Å². The van der Waals surface area contributed by atoms with Crippen LogP contribution in [0.5, 0.6) is 0 Å². The zero-order valence-corrected chi connectivity index (χ0v) is 12.7. The van der Waals surface area contributed by atoms with Crippen LogP contribution in [0.2, 0.25) is 0 Å². The summed E-state index contributed by atoms with van der Waals surface area (Å²) in [5, 5.41) is 2.88. The number of nitrogens with one attached hydrogen (secondary N) is 1. The third-order valence-corrected chi connectivity index (χ3v) is 6.40. The molecule has 2 saturated heterocycles. The Morgan fingerprint density at radius 1 is 1.19 bits per heavy atom. The first-order valence-corrected chi connectivity index (χ1v) is 8.83. The Labute approximate surface area is 126 Å². The number of piperidine rings is 1. The van der Waals surface area contributed by atoms with Crippen LogP contribution in [-0.2, 0) is 19.4 Å². The zero-order valence-electron chi connectivity index (χ0n) is 11.9. The molecule has 1 N–H and O–H groups in total. The van der Waals surface area contributed by atoms with Crippen molar-refractivity contribution >= 4 is 16.3 Å². The van der Waals surface area contributed by atoms with E-state index in [9.17, 15) is 13.6 Å². The van der Waals surface area contributed by atoms with E-state index in [4.69, 9.17) is 0 Å². The number of benzene rings is 1. The Kier molecular flexibility index (Phi) is 4.10. The van der Waals surface area contributed by atoms with Gasteiger partial charge in [-0.2, -0.15) is 0 Å². The van der Waals surface area contributed by atoms with Gasteiger partial charge in [-0.3, -0.25) is 4.79 Å². The summed E-state index contributed by atoms with van der Waals surface area (Å²) in [6.07, 6.45) is 2.16. The van der Waals surface area contributed by atoms with Crippen molar-refractivity contribution in [2.45, 2.75) is 24.2 Å². The smallest absolute Gasteiger partial charge is 0.220 e. The van der Waals surface area contributed by atoms with Gasteiger partial charge >= 0.3 is 0 Å². The van der Waals surface area contributed by atoms with Crippen molar-refractivity contribution in [2.75, 3.05) is 19.6 Å². The number of amides is 1. The van der Waals surface area contributed by atoms with E-state index >= 15 is 0 Å². The minimum absolute atomic E-state index is 0.0990. The lowest BCUT2D eigenvalue weighted by Crippen LogP contribution is -2.46. The van der Waals surface area contributed by atoms with Gasteiger partial charge in [-0.1, -0.05) is 22.4 Å². The fourth-order valence-electron chi connectivity index (χ4n) is 3.31. The highest BCUT2D eigenvalue weighted by Crippen LogP contribution is 2.34. The topological polar surface area (TPSA) is 72.5 Å². The number of hydrogen-bond donors (Lipinski definition) is 1. The number of rotatable bonds is 2. The van der Waals surface area contributed by atoms with Gasteiger partial charge < -0.3 is 9.87 Å². The van der Waals surface area contributed by atoms with Gasteiger partial charge in [0.05, 0.1) is 0 Å². The molecule has 0 bridgehead atoms. The van der Waals surface area contributed by atoms with Crippen LogP contribution in [0.1, 0.15) is 19.3 Å². The number of nitrogens with zero attached hydrogens (tertiary/aromatic N) is 1. The van der Waals surface area contributed by atoms with Crippen molar-refractivity contribution in [3.63, 3.8) is 0 Å². The van der Waals surface area contributed by atoms with E-state index < -0.39 is 10.4 Å². The SMILES string of the molecule is O=C1CC2CCN([S+](=O)([O-])c3ccccc3)CC2CCN1. The maximum atomic E-state index is 12.7. The predicted molar refractivity (Wildman–Crippen MR) is 79.0 cm³/mol. The second-order valence-electron chi connectivity index (χ2n) is 5.83. The van der Waals surface area contributed by atoms with Gasteiger partial charge in [-0.15, -0.1) is 4.31 Å². The van der Waals surface area contributed by atoms with Crippen LogP contribution in [0.4, 0.5) is 0 Å². The van der Waals surface area contributed by atoms with Crippen LogP contribution < -0.4 is 5.32 Å². The molecule has 0 saturated carbocycles. The maximum absolute atomic E-state index is 12.7. The molecule has 2 heterocycles. The quantitative estimate of drug-likeness (QED) is 0.840. The zero-order chi connectivity index (χ0) is 14.9. The summed E-state index contributed by atoms with van der Waals surface area (Å²) < 4.78 is 26.9. The van der Waals surface area contributed by atoms with E-state index in [2.05, 4.69) is 5.32 Å². The molecule has 3 rings (SSSR count). The van der Waals surface area contributed by atoms with E-state index in [1.165, 1.54) is 0 Å². The molecule has 2 fully saturated rings. The molecule has 0 spiro atoms. The Bertz CT molecular complexity index is 563. The highest BCUT2D eigenvalue weighted by molar-refractivity contribution is 7.95. The summed E-state index contributed by atoms with van der Waals surface area (Å²) in [6, 6.07) is 8.58. The number of fused-ring (bicyclic) bond motifs is 1. The van der Waals surface area contributed by atoms with E-state index in [1.54, 1.807) is 28.6 Å². The van der Waals surface area contributed by atoms with Crippen molar-refractivity contribution in [1.29, 1.82) is 0 Å². The van der Waals surface area contributed by atoms with Gasteiger partial charge in [0, 0.05) is 26.1 Å². The fraction of sp³-hybridized carbons (Fsp3) is 0.533. The molecular formula is C15H20N2O3S. The van der Waals surface area contributed by atoms with E-state index in [0.717, 1.165) is 12.8 Å². The lowest BCUT2D eigenvalue weighted by Gasteiger charge is -2.37. The first-order chi connectivity index (χ1) is 10.1. The number of carbonyl (C=O) groups excluding carboxylic acids is 1. The average Bonchev–Trinajstić information content (AvgIpc) is 2.68. The average molecular weight is 308 g/mol. The molecule has 114 valence electrons. The highest BCUT2D eigenvalue weighted by atomic mass is 32.3. The van der Waals surface area contributed by atoms with Crippen molar-refractivity contribution in [1.82, 2.24) is 9.62 Å². The molecule has 0 aliphatic carbocycles. The number of hydrogen-bond acceptors (Lipinski definition) is 3. The minimum Gasteiger partial charge on any atom is -0.593 e. The van der Waals surface area contributed by atoms with Crippen LogP contribution in [0.15, 0.2) is 35.2 Å². The second-order valence-corrected chi connectivity index (χ2v) is 7.77. The predicted octanol–water partition coefficient (Wildman–Crippen LogP) is 1.44. The summed E-state index contributed by atoms with van der Waals surface area (Å²) in [6.45, 7) is 1.68. The monoisotopic (exact) mass is 308 g/mol. The lowest BCUT2D eigenvalue weighted by molar-refractivity contribution is -0.121. The standard InChI is InChI=1S/C15H20N2O3S/c18-15-10-12-7-9-17(11-13(12)6-8-16-15)21(19,20)14-4-2-1-3-5-14/h1-5,12-13H,6-11H2,(H-,16,18,19,20). The highest BCUT2D eigenvalue weighted by Gasteiger charge is 2.40. The van der Waals surface area contributed by atoms with Crippen molar-refractivity contribution in [3.8, 4) is 0 Å². The van der Waals surface area contributed by atoms with Crippen LogP contribution in [0.3, 0.4) is 0 Å². The van der Waals surface area contributed by atoms with Crippen molar-refractivity contribution in [2.24, 2.45) is 11.8 Å². The van der Waals surface area contributed by atoms with E-state index in [1.807, 2.05) is 6.07 Å². The molecular weight excluding hydrogens is 288 g/mol.